The lowest BCUT2D eigenvalue weighted by atomic mass is 9.48. The Balaban J connectivity index is 2.17. The van der Waals surface area contributed by atoms with Crippen LogP contribution in [0.3, 0.4) is 0 Å². The molecule has 2 aliphatic rings. The first kappa shape index (κ1) is 12.8. The number of hydrogen-bond acceptors (Lipinski definition) is 2. The van der Waals surface area contributed by atoms with E-state index < -0.39 is 0 Å². The molecule has 2 saturated carbocycles. The molecule has 0 aromatic rings. The summed E-state index contributed by atoms with van der Waals surface area (Å²) in [6, 6.07) is 0. The van der Waals surface area contributed by atoms with Gasteiger partial charge in [-0.05, 0) is 47.5 Å². The van der Waals surface area contributed by atoms with Gasteiger partial charge in [0.25, 0.3) is 0 Å². The molecule has 0 unspecified atom stereocenters. The molecule has 0 amide bonds. The molecule has 0 bridgehead atoms. The number of aliphatic hydroxyl groups excluding tert-OH is 1. The fourth-order valence-corrected chi connectivity index (χ4v) is 4.19. The summed E-state index contributed by atoms with van der Waals surface area (Å²) < 4.78 is 0. The van der Waals surface area contributed by atoms with Crippen molar-refractivity contribution >= 4 is 6.29 Å². The first-order chi connectivity index (χ1) is 8.02. The maximum absolute atomic E-state index is 11.0. The summed E-state index contributed by atoms with van der Waals surface area (Å²) in [6.45, 7) is 7.07. The minimum atomic E-state index is 0.0708. The third kappa shape index (κ3) is 1.97. The molecule has 0 aliphatic heterocycles. The topological polar surface area (TPSA) is 37.3 Å². The summed E-state index contributed by atoms with van der Waals surface area (Å²) in [5.74, 6) is 2.91. The summed E-state index contributed by atoms with van der Waals surface area (Å²) in [7, 11) is 0. The quantitative estimate of drug-likeness (QED) is 0.602. The smallest absolute Gasteiger partial charge is 0.145 e. The molecule has 2 fully saturated rings. The zero-order chi connectivity index (χ0) is 12.6. The number of carbonyl (C=O) groups excluding carboxylic acids is 1. The Labute approximate surface area is 104 Å². The number of fused-ring (bicyclic) bond motifs is 1. The van der Waals surface area contributed by atoms with Crippen molar-refractivity contribution in [1.29, 1.82) is 0 Å². The van der Waals surface area contributed by atoms with Crippen molar-refractivity contribution in [2.24, 2.45) is 29.1 Å². The molecule has 2 aliphatic carbocycles. The highest BCUT2D eigenvalue weighted by Crippen LogP contribution is 2.65. The van der Waals surface area contributed by atoms with E-state index in [9.17, 15) is 4.79 Å². The molecule has 0 heterocycles. The maximum atomic E-state index is 11.0. The highest BCUT2D eigenvalue weighted by molar-refractivity contribution is 5.73. The maximum Gasteiger partial charge on any atom is 0.145 e. The van der Waals surface area contributed by atoms with Gasteiger partial charge in [-0.15, -0.1) is 0 Å². The van der Waals surface area contributed by atoms with Crippen molar-refractivity contribution in [3.63, 3.8) is 0 Å². The van der Waals surface area contributed by atoms with Crippen LogP contribution in [0.25, 0.3) is 0 Å². The van der Waals surface area contributed by atoms with Crippen LogP contribution < -0.4 is 0 Å². The van der Waals surface area contributed by atoms with E-state index in [0.717, 1.165) is 29.6 Å². The molecule has 0 aromatic heterocycles. The number of allylic oxidation sites excluding steroid dienone is 1. The van der Waals surface area contributed by atoms with Crippen LogP contribution in [0.4, 0.5) is 0 Å². The molecule has 0 aromatic carbocycles. The average molecular weight is 236 g/mol. The van der Waals surface area contributed by atoms with Crippen LogP contribution in [0.2, 0.25) is 0 Å². The van der Waals surface area contributed by atoms with Crippen LogP contribution in [0.1, 0.15) is 40.0 Å². The summed E-state index contributed by atoms with van der Waals surface area (Å²) in [5.41, 5.74) is 1.11. The van der Waals surface area contributed by atoms with E-state index in [1.807, 2.05) is 0 Å². The first-order valence-electron chi connectivity index (χ1n) is 6.79. The molecule has 0 radical (unpaired) electrons. The van der Waals surface area contributed by atoms with Gasteiger partial charge in [0.15, 0.2) is 0 Å². The monoisotopic (exact) mass is 236 g/mol. The second-order valence-corrected chi connectivity index (χ2v) is 6.42. The lowest BCUT2D eigenvalue weighted by Crippen LogP contribution is -2.51. The number of hydrogen-bond donors (Lipinski definition) is 1. The lowest BCUT2D eigenvalue weighted by Gasteiger charge is -2.56. The molecular weight excluding hydrogens is 212 g/mol. The third-order valence-electron chi connectivity index (χ3n) is 5.23. The zero-order valence-corrected chi connectivity index (χ0v) is 11.1. The van der Waals surface area contributed by atoms with Gasteiger partial charge in [0.1, 0.15) is 6.29 Å². The van der Waals surface area contributed by atoms with Crippen LogP contribution in [0.15, 0.2) is 11.6 Å². The summed E-state index contributed by atoms with van der Waals surface area (Å²) in [4.78, 5) is 11.0. The van der Waals surface area contributed by atoms with E-state index in [4.69, 9.17) is 5.11 Å². The van der Waals surface area contributed by atoms with Gasteiger partial charge in [-0.25, -0.2) is 0 Å². The molecule has 4 atom stereocenters. The second kappa shape index (κ2) is 4.56. The van der Waals surface area contributed by atoms with Crippen molar-refractivity contribution < 1.29 is 9.90 Å². The van der Waals surface area contributed by atoms with E-state index in [-0.39, 0.29) is 6.61 Å². The fourth-order valence-electron chi connectivity index (χ4n) is 4.19. The van der Waals surface area contributed by atoms with Crippen LogP contribution in [0, 0.1) is 29.1 Å². The number of aliphatic hydroxyl groups is 1. The fraction of sp³-hybridized carbons (Fsp3) is 0.800. The van der Waals surface area contributed by atoms with Gasteiger partial charge in [0.05, 0.1) is 0 Å². The number of carbonyl (C=O) groups is 1. The number of aldehydes is 1. The zero-order valence-electron chi connectivity index (χ0n) is 11.1. The van der Waals surface area contributed by atoms with Gasteiger partial charge in [0.2, 0.25) is 0 Å². The number of rotatable bonds is 4. The Morgan fingerprint density at radius 3 is 2.71 bits per heavy atom. The van der Waals surface area contributed by atoms with Crippen LogP contribution in [-0.2, 0) is 4.79 Å². The van der Waals surface area contributed by atoms with Crippen LogP contribution in [0.5, 0.6) is 0 Å². The lowest BCUT2D eigenvalue weighted by molar-refractivity contribution is -0.105. The predicted molar refractivity (Wildman–Crippen MR) is 68.5 cm³/mol. The predicted octanol–water partition coefficient (Wildman–Crippen LogP) is 2.81. The van der Waals surface area contributed by atoms with Gasteiger partial charge in [-0.2, -0.15) is 0 Å². The molecule has 2 rings (SSSR count). The third-order valence-corrected chi connectivity index (χ3v) is 5.23. The van der Waals surface area contributed by atoms with E-state index >= 15 is 0 Å². The van der Waals surface area contributed by atoms with Crippen molar-refractivity contribution in [1.82, 2.24) is 0 Å². The van der Waals surface area contributed by atoms with E-state index in [2.05, 4.69) is 26.8 Å². The Kier molecular flexibility index (Phi) is 3.44. The second-order valence-electron chi connectivity index (χ2n) is 6.42. The molecule has 0 spiro atoms. The minimum absolute atomic E-state index is 0.0708. The van der Waals surface area contributed by atoms with Crippen molar-refractivity contribution in [2.45, 2.75) is 40.0 Å². The van der Waals surface area contributed by atoms with Gasteiger partial charge in [0, 0.05) is 6.61 Å². The van der Waals surface area contributed by atoms with E-state index in [1.165, 1.54) is 12.8 Å². The summed E-state index contributed by atoms with van der Waals surface area (Å²) >= 11 is 0. The Morgan fingerprint density at radius 2 is 2.12 bits per heavy atom. The highest BCUT2D eigenvalue weighted by Gasteiger charge is 2.58. The highest BCUT2D eigenvalue weighted by atomic mass is 16.3. The largest absolute Gasteiger partial charge is 0.396 e. The van der Waals surface area contributed by atoms with Crippen molar-refractivity contribution in [2.75, 3.05) is 6.61 Å². The molecule has 2 heteroatoms. The van der Waals surface area contributed by atoms with Crippen LogP contribution >= 0.6 is 0 Å². The van der Waals surface area contributed by atoms with Crippen LogP contribution in [-0.4, -0.2) is 18.0 Å². The molecule has 1 N–H and O–H groups in total. The minimum Gasteiger partial charge on any atom is -0.396 e. The van der Waals surface area contributed by atoms with Gasteiger partial charge in [-0.1, -0.05) is 33.3 Å². The Morgan fingerprint density at radius 1 is 1.41 bits per heavy atom. The summed E-state index contributed by atoms with van der Waals surface area (Å²) in [5, 5.41) is 8.94. The SMILES string of the molecule is C[C@@H]1CC[C@H]2[C@@H]1[C@H](/C=C(\C=O)CCO)C2(C)C. The molecule has 17 heavy (non-hydrogen) atoms. The van der Waals surface area contributed by atoms with E-state index in [0.29, 0.717) is 17.8 Å². The normalized spacial score (nSPS) is 39.6. The van der Waals surface area contributed by atoms with Crippen molar-refractivity contribution in [3.05, 3.63) is 11.6 Å². The standard InChI is InChI=1S/C15H24O2/c1-10-4-5-12-14(10)13(15(12,2)3)8-11(9-17)6-7-16/h8-10,12-14,16H,4-7H2,1-3H3/b11-8-/t10-,12+,13+,14-/m1/s1. The molecule has 96 valence electrons. The Bertz CT molecular complexity index is 330. The van der Waals surface area contributed by atoms with Gasteiger partial charge < -0.3 is 5.11 Å². The molecular formula is C15H24O2. The summed E-state index contributed by atoms with van der Waals surface area (Å²) in [6.07, 6.45) is 6.24. The average Bonchev–Trinajstić information content (AvgIpc) is 2.64. The van der Waals surface area contributed by atoms with Gasteiger partial charge in [-0.3, -0.25) is 4.79 Å². The molecule has 2 nitrogen and oxygen atoms in total. The first-order valence-corrected chi connectivity index (χ1v) is 6.79. The molecule has 0 saturated heterocycles. The van der Waals surface area contributed by atoms with Crippen molar-refractivity contribution in [3.8, 4) is 0 Å². The van der Waals surface area contributed by atoms with E-state index in [1.54, 1.807) is 0 Å². The Hall–Kier alpha value is -0.630. The van der Waals surface area contributed by atoms with Gasteiger partial charge >= 0.3 is 0 Å².